The van der Waals surface area contributed by atoms with Crippen LogP contribution < -0.4 is 5.32 Å². The highest BCUT2D eigenvalue weighted by molar-refractivity contribution is 5.87. The number of esters is 1. The fraction of sp³-hybridized carbons (Fsp3) is 0.824. The molecule has 0 bridgehead atoms. The molecular weight excluding hydrogens is 282 g/mol. The molecule has 1 N–H and O–H groups in total. The molecule has 0 aliphatic carbocycles. The number of hydrogen-bond acceptors (Lipinski definition) is 4. The minimum absolute atomic E-state index is 0.0164. The predicted octanol–water partition coefficient (Wildman–Crippen LogP) is 2.72. The number of nitrogens with one attached hydrogen (secondary N) is 1. The van der Waals surface area contributed by atoms with Crippen molar-refractivity contribution in [3.63, 3.8) is 0 Å². The molecule has 5 nitrogen and oxygen atoms in total. The highest BCUT2D eigenvalue weighted by atomic mass is 16.6. The number of amides is 1. The Bertz CT molecular complexity index is 396. The number of carbonyl (C=O) groups excluding carboxylic acids is 3. The predicted molar refractivity (Wildman–Crippen MR) is 86.3 cm³/mol. The molecule has 0 rings (SSSR count). The Balaban J connectivity index is 4.16. The number of hydrogen-bond donors (Lipinski definition) is 1. The lowest BCUT2D eigenvalue weighted by Gasteiger charge is -2.22. The molecule has 1 amide bonds. The van der Waals surface area contributed by atoms with Gasteiger partial charge in [0.05, 0.1) is 12.5 Å². The molecule has 0 spiro atoms. The highest BCUT2D eigenvalue weighted by Gasteiger charge is 2.23. The van der Waals surface area contributed by atoms with Crippen LogP contribution in [0.2, 0.25) is 0 Å². The molecule has 0 heterocycles. The molecule has 0 saturated heterocycles. The average molecular weight is 313 g/mol. The van der Waals surface area contributed by atoms with Crippen LogP contribution in [0.3, 0.4) is 0 Å². The second-order valence-electron chi connectivity index (χ2n) is 7.25. The maximum Gasteiger partial charge on any atom is 0.309 e. The summed E-state index contributed by atoms with van der Waals surface area (Å²) in [4.78, 5) is 35.2. The van der Waals surface area contributed by atoms with Crippen LogP contribution in [0.25, 0.3) is 0 Å². The fourth-order valence-corrected chi connectivity index (χ4v) is 1.70. The van der Waals surface area contributed by atoms with Gasteiger partial charge < -0.3 is 10.1 Å². The summed E-state index contributed by atoms with van der Waals surface area (Å²) in [5, 5.41) is 2.65. The molecule has 22 heavy (non-hydrogen) atoms. The van der Waals surface area contributed by atoms with E-state index in [1.807, 2.05) is 20.8 Å². The Morgan fingerprint density at radius 3 is 1.91 bits per heavy atom. The lowest BCUT2D eigenvalue weighted by Crippen LogP contribution is -2.35. The third kappa shape index (κ3) is 8.80. The van der Waals surface area contributed by atoms with Crippen LogP contribution >= 0.6 is 0 Å². The molecule has 128 valence electrons. The Morgan fingerprint density at radius 2 is 1.45 bits per heavy atom. The minimum atomic E-state index is -0.495. The molecule has 0 aromatic carbocycles. The van der Waals surface area contributed by atoms with E-state index in [9.17, 15) is 14.4 Å². The standard InChI is InChI=1S/C17H31NO4/c1-11(2)14(19)10-18-15(20)12(3)8-9-13(4)16(21)22-17(5,6)7/h11-13H,8-10H2,1-7H3,(H,18,20). The van der Waals surface area contributed by atoms with Crippen LogP contribution in [0.5, 0.6) is 0 Å². The van der Waals surface area contributed by atoms with Crippen LogP contribution in [0, 0.1) is 17.8 Å². The Hall–Kier alpha value is -1.39. The lowest BCUT2D eigenvalue weighted by atomic mass is 9.97. The zero-order valence-electron chi connectivity index (χ0n) is 15.0. The van der Waals surface area contributed by atoms with Gasteiger partial charge in [-0.25, -0.2) is 0 Å². The van der Waals surface area contributed by atoms with E-state index >= 15 is 0 Å². The number of rotatable bonds is 8. The van der Waals surface area contributed by atoms with E-state index in [2.05, 4.69) is 5.32 Å². The third-order valence-corrected chi connectivity index (χ3v) is 3.37. The van der Waals surface area contributed by atoms with Crippen molar-refractivity contribution in [1.82, 2.24) is 5.32 Å². The normalized spacial score (nSPS) is 14.4. The van der Waals surface area contributed by atoms with E-state index in [1.54, 1.807) is 27.7 Å². The van der Waals surface area contributed by atoms with Crippen LogP contribution in [-0.4, -0.2) is 29.8 Å². The Labute approximate surface area is 134 Å². The SMILES string of the molecule is CC(C)C(=O)CNC(=O)C(C)CCC(C)C(=O)OC(C)(C)C. The monoisotopic (exact) mass is 313 g/mol. The first-order chi connectivity index (χ1) is 9.94. The summed E-state index contributed by atoms with van der Waals surface area (Å²) in [5.41, 5.74) is -0.495. The van der Waals surface area contributed by atoms with E-state index in [0.29, 0.717) is 12.8 Å². The molecule has 5 heteroatoms. The van der Waals surface area contributed by atoms with Gasteiger partial charge in [0.1, 0.15) is 5.60 Å². The van der Waals surface area contributed by atoms with Gasteiger partial charge >= 0.3 is 5.97 Å². The van der Waals surface area contributed by atoms with Crippen molar-refractivity contribution in [2.45, 2.75) is 66.9 Å². The zero-order valence-corrected chi connectivity index (χ0v) is 15.0. The molecule has 0 saturated carbocycles. The van der Waals surface area contributed by atoms with E-state index < -0.39 is 5.60 Å². The van der Waals surface area contributed by atoms with Gasteiger partial charge in [0.15, 0.2) is 5.78 Å². The van der Waals surface area contributed by atoms with Gasteiger partial charge in [-0.3, -0.25) is 14.4 Å². The van der Waals surface area contributed by atoms with Gasteiger partial charge in [-0.2, -0.15) is 0 Å². The second kappa shape index (κ2) is 8.91. The van der Waals surface area contributed by atoms with Crippen LogP contribution in [0.15, 0.2) is 0 Å². The Kier molecular flexibility index (Phi) is 8.35. The first-order valence-corrected chi connectivity index (χ1v) is 7.97. The quantitative estimate of drug-likeness (QED) is 0.699. The lowest BCUT2D eigenvalue weighted by molar-refractivity contribution is -0.159. The molecule has 2 unspecified atom stereocenters. The van der Waals surface area contributed by atoms with Gasteiger partial charge in [-0.15, -0.1) is 0 Å². The smallest absolute Gasteiger partial charge is 0.309 e. The van der Waals surface area contributed by atoms with Crippen molar-refractivity contribution >= 4 is 17.7 Å². The molecule has 2 atom stereocenters. The first kappa shape index (κ1) is 20.6. The Morgan fingerprint density at radius 1 is 0.955 bits per heavy atom. The summed E-state index contributed by atoms with van der Waals surface area (Å²) in [6.45, 7) is 12.8. The van der Waals surface area contributed by atoms with Crippen molar-refractivity contribution in [2.24, 2.45) is 17.8 Å². The van der Waals surface area contributed by atoms with Gasteiger partial charge in [0.25, 0.3) is 0 Å². The number of carbonyl (C=O) groups is 3. The number of ketones is 1. The van der Waals surface area contributed by atoms with Crippen molar-refractivity contribution in [3.05, 3.63) is 0 Å². The van der Waals surface area contributed by atoms with Crippen LogP contribution in [-0.2, 0) is 19.1 Å². The molecule has 0 aliphatic heterocycles. The van der Waals surface area contributed by atoms with Crippen molar-refractivity contribution in [3.8, 4) is 0 Å². The summed E-state index contributed by atoms with van der Waals surface area (Å²) in [6, 6.07) is 0. The summed E-state index contributed by atoms with van der Waals surface area (Å²) < 4.78 is 5.31. The van der Waals surface area contributed by atoms with Gasteiger partial charge in [-0.05, 0) is 33.6 Å². The zero-order chi connectivity index (χ0) is 17.5. The topological polar surface area (TPSA) is 72.5 Å². The van der Waals surface area contributed by atoms with Crippen molar-refractivity contribution in [2.75, 3.05) is 6.54 Å². The molecule has 0 aromatic heterocycles. The van der Waals surface area contributed by atoms with Gasteiger partial charge in [0, 0.05) is 11.8 Å². The molecule has 0 aliphatic rings. The van der Waals surface area contributed by atoms with Crippen LogP contribution in [0.4, 0.5) is 0 Å². The first-order valence-electron chi connectivity index (χ1n) is 7.97. The second-order valence-corrected chi connectivity index (χ2v) is 7.25. The van der Waals surface area contributed by atoms with Crippen molar-refractivity contribution in [1.29, 1.82) is 0 Å². The van der Waals surface area contributed by atoms with E-state index in [-0.39, 0.29) is 42.0 Å². The summed E-state index contributed by atoms with van der Waals surface area (Å²) in [5.74, 6) is -0.928. The van der Waals surface area contributed by atoms with E-state index in [1.165, 1.54) is 0 Å². The average Bonchev–Trinajstić information content (AvgIpc) is 2.38. The summed E-state index contributed by atoms with van der Waals surface area (Å²) >= 11 is 0. The summed E-state index contributed by atoms with van der Waals surface area (Å²) in [6.07, 6.45) is 1.17. The number of ether oxygens (including phenoxy) is 1. The third-order valence-electron chi connectivity index (χ3n) is 3.37. The fourth-order valence-electron chi connectivity index (χ4n) is 1.70. The molecular formula is C17H31NO4. The van der Waals surface area contributed by atoms with E-state index in [4.69, 9.17) is 4.74 Å². The maximum atomic E-state index is 11.9. The number of Topliss-reactive ketones (excluding diaryl/α,β-unsaturated/α-hetero) is 1. The van der Waals surface area contributed by atoms with Crippen LogP contribution in [0.1, 0.15) is 61.3 Å². The van der Waals surface area contributed by atoms with E-state index in [0.717, 1.165) is 0 Å². The minimum Gasteiger partial charge on any atom is -0.460 e. The molecule has 0 fully saturated rings. The largest absolute Gasteiger partial charge is 0.460 e. The van der Waals surface area contributed by atoms with Gasteiger partial charge in [-0.1, -0.05) is 27.7 Å². The highest BCUT2D eigenvalue weighted by Crippen LogP contribution is 2.17. The molecule has 0 aromatic rings. The van der Waals surface area contributed by atoms with Crippen molar-refractivity contribution < 1.29 is 19.1 Å². The van der Waals surface area contributed by atoms with Gasteiger partial charge in [0.2, 0.25) is 5.91 Å². The maximum absolute atomic E-state index is 11.9. The molecule has 0 radical (unpaired) electrons. The summed E-state index contributed by atoms with van der Waals surface area (Å²) in [7, 11) is 0.